The number of rotatable bonds is 6. The first-order chi connectivity index (χ1) is 9.33. The Morgan fingerprint density at radius 3 is 3.16 bits per heavy atom. The highest BCUT2D eigenvalue weighted by molar-refractivity contribution is 6.99. The molecule has 0 bridgehead atoms. The summed E-state index contributed by atoms with van der Waals surface area (Å²) in [5, 5.41) is 3.43. The Morgan fingerprint density at radius 2 is 2.37 bits per heavy atom. The van der Waals surface area contributed by atoms with Gasteiger partial charge in [0.2, 0.25) is 0 Å². The SMILES string of the molecule is CCC/C=C\COc1nsnc1C1=CCCNC1C. The van der Waals surface area contributed by atoms with Crippen molar-refractivity contribution in [1.29, 1.82) is 0 Å². The number of unbranched alkanes of at least 4 members (excludes halogenated alkanes) is 1. The van der Waals surface area contributed by atoms with Gasteiger partial charge in [0.05, 0.1) is 11.7 Å². The Morgan fingerprint density at radius 1 is 1.47 bits per heavy atom. The van der Waals surface area contributed by atoms with Gasteiger partial charge in [0.1, 0.15) is 12.3 Å². The molecule has 0 saturated heterocycles. The molecule has 1 aromatic heterocycles. The van der Waals surface area contributed by atoms with E-state index in [0.717, 1.165) is 31.5 Å². The van der Waals surface area contributed by atoms with Crippen LogP contribution in [0.15, 0.2) is 18.2 Å². The molecule has 0 aromatic carbocycles. The molecule has 0 aliphatic carbocycles. The summed E-state index contributed by atoms with van der Waals surface area (Å²) < 4.78 is 14.3. The topological polar surface area (TPSA) is 47.0 Å². The van der Waals surface area contributed by atoms with E-state index in [0.29, 0.717) is 18.5 Å². The van der Waals surface area contributed by atoms with Crippen molar-refractivity contribution in [2.75, 3.05) is 13.2 Å². The molecule has 2 rings (SSSR count). The normalized spacial score (nSPS) is 19.7. The molecule has 2 heterocycles. The summed E-state index contributed by atoms with van der Waals surface area (Å²) in [7, 11) is 0. The van der Waals surface area contributed by atoms with Crippen molar-refractivity contribution >= 4 is 17.3 Å². The van der Waals surface area contributed by atoms with Crippen LogP contribution in [-0.4, -0.2) is 27.9 Å². The van der Waals surface area contributed by atoms with Crippen molar-refractivity contribution in [2.24, 2.45) is 0 Å². The molecule has 0 radical (unpaired) electrons. The van der Waals surface area contributed by atoms with E-state index in [-0.39, 0.29) is 0 Å². The summed E-state index contributed by atoms with van der Waals surface area (Å²) >= 11 is 1.21. The van der Waals surface area contributed by atoms with E-state index in [1.54, 1.807) is 0 Å². The molecular formula is C14H21N3OS. The van der Waals surface area contributed by atoms with Gasteiger partial charge >= 0.3 is 0 Å². The monoisotopic (exact) mass is 279 g/mol. The number of hydrogen-bond acceptors (Lipinski definition) is 5. The Balaban J connectivity index is 1.99. The van der Waals surface area contributed by atoms with E-state index in [2.05, 4.69) is 40.1 Å². The summed E-state index contributed by atoms with van der Waals surface area (Å²) in [5.41, 5.74) is 2.10. The Hall–Kier alpha value is -1.20. The van der Waals surface area contributed by atoms with Crippen LogP contribution in [0.3, 0.4) is 0 Å². The van der Waals surface area contributed by atoms with Crippen LogP contribution in [0.25, 0.3) is 5.57 Å². The van der Waals surface area contributed by atoms with Crippen molar-refractivity contribution in [1.82, 2.24) is 14.1 Å². The highest BCUT2D eigenvalue weighted by atomic mass is 32.1. The maximum absolute atomic E-state index is 5.71. The number of ether oxygens (including phenoxy) is 1. The van der Waals surface area contributed by atoms with Crippen LogP contribution in [0.2, 0.25) is 0 Å². The van der Waals surface area contributed by atoms with E-state index in [1.165, 1.54) is 17.3 Å². The van der Waals surface area contributed by atoms with Crippen molar-refractivity contribution in [3.63, 3.8) is 0 Å². The summed E-state index contributed by atoms with van der Waals surface area (Å²) in [5.74, 6) is 0.660. The lowest BCUT2D eigenvalue weighted by Gasteiger charge is -2.21. The number of allylic oxidation sites excluding steroid dienone is 1. The third-order valence-electron chi connectivity index (χ3n) is 3.10. The maximum atomic E-state index is 5.71. The lowest BCUT2D eigenvalue weighted by molar-refractivity contribution is 0.349. The van der Waals surface area contributed by atoms with Crippen molar-refractivity contribution < 1.29 is 4.74 Å². The zero-order valence-corrected chi connectivity index (χ0v) is 12.4. The van der Waals surface area contributed by atoms with Gasteiger partial charge in [-0.05, 0) is 31.9 Å². The predicted molar refractivity (Wildman–Crippen MR) is 79.5 cm³/mol. The van der Waals surface area contributed by atoms with E-state index in [1.807, 2.05) is 6.08 Å². The molecule has 104 valence electrons. The highest BCUT2D eigenvalue weighted by Crippen LogP contribution is 2.28. The second-order valence-electron chi connectivity index (χ2n) is 4.61. The van der Waals surface area contributed by atoms with Gasteiger partial charge in [-0.3, -0.25) is 0 Å². The second kappa shape index (κ2) is 7.40. The lowest BCUT2D eigenvalue weighted by Crippen LogP contribution is -2.31. The molecule has 1 atom stereocenters. The maximum Gasteiger partial charge on any atom is 0.253 e. The predicted octanol–water partition coefficient (Wildman–Crippen LogP) is 3.04. The first-order valence-electron chi connectivity index (χ1n) is 6.87. The number of nitrogens with zero attached hydrogens (tertiary/aromatic N) is 2. The van der Waals surface area contributed by atoms with Crippen molar-refractivity contribution in [3.8, 4) is 5.88 Å². The van der Waals surface area contributed by atoms with Gasteiger partial charge in [-0.25, -0.2) is 0 Å². The molecule has 1 N–H and O–H groups in total. The molecule has 1 unspecified atom stereocenters. The summed E-state index contributed by atoms with van der Waals surface area (Å²) in [6.45, 7) is 5.90. The smallest absolute Gasteiger partial charge is 0.253 e. The van der Waals surface area contributed by atoms with Crippen LogP contribution >= 0.6 is 11.7 Å². The van der Waals surface area contributed by atoms with E-state index < -0.39 is 0 Å². The first kappa shape index (κ1) is 14.2. The van der Waals surface area contributed by atoms with Crippen LogP contribution in [0.5, 0.6) is 5.88 Å². The summed E-state index contributed by atoms with van der Waals surface area (Å²) in [4.78, 5) is 0. The average molecular weight is 279 g/mol. The molecule has 0 fully saturated rings. The van der Waals surface area contributed by atoms with Crippen LogP contribution in [-0.2, 0) is 0 Å². The highest BCUT2D eigenvalue weighted by Gasteiger charge is 2.21. The number of aromatic nitrogens is 2. The Kier molecular flexibility index (Phi) is 5.54. The number of nitrogens with one attached hydrogen (secondary N) is 1. The molecule has 19 heavy (non-hydrogen) atoms. The molecule has 5 heteroatoms. The van der Waals surface area contributed by atoms with Gasteiger partial charge in [0.25, 0.3) is 5.88 Å². The minimum atomic E-state index is 0.315. The molecular weight excluding hydrogens is 258 g/mol. The molecule has 0 saturated carbocycles. The standard InChI is InChI=1S/C14H21N3OS/c1-3-4-5-6-10-18-14-13(16-19-17-14)12-8-7-9-15-11(12)2/h5-6,8,11,15H,3-4,7,9-10H2,1-2H3/b6-5-. The van der Waals surface area contributed by atoms with Gasteiger partial charge in [0, 0.05) is 6.04 Å². The molecule has 0 amide bonds. The zero-order valence-electron chi connectivity index (χ0n) is 11.6. The van der Waals surface area contributed by atoms with Crippen LogP contribution in [0, 0.1) is 0 Å². The Labute approximate surface area is 118 Å². The lowest BCUT2D eigenvalue weighted by atomic mass is 10.0. The molecule has 1 aliphatic heterocycles. The third kappa shape index (κ3) is 3.88. The van der Waals surface area contributed by atoms with Crippen LogP contribution in [0.4, 0.5) is 0 Å². The van der Waals surface area contributed by atoms with E-state index in [9.17, 15) is 0 Å². The van der Waals surface area contributed by atoms with Gasteiger partial charge in [-0.15, -0.1) is 4.37 Å². The van der Waals surface area contributed by atoms with E-state index >= 15 is 0 Å². The summed E-state index contributed by atoms with van der Waals surface area (Å²) in [6, 6.07) is 0.315. The van der Waals surface area contributed by atoms with Crippen molar-refractivity contribution in [3.05, 3.63) is 23.9 Å². The van der Waals surface area contributed by atoms with E-state index in [4.69, 9.17) is 4.74 Å². The van der Waals surface area contributed by atoms with Crippen molar-refractivity contribution in [2.45, 2.75) is 39.2 Å². The second-order valence-corrected chi connectivity index (χ2v) is 5.14. The minimum absolute atomic E-state index is 0.315. The first-order valence-corrected chi connectivity index (χ1v) is 7.60. The fourth-order valence-electron chi connectivity index (χ4n) is 2.05. The van der Waals surface area contributed by atoms with Crippen LogP contribution in [0.1, 0.15) is 38.8 Å². The quantitative estimate of drug-likeness (QED) is 0.813. The minimum Gasteiger partial charge on any atom is -0.471 e. The fraction of sp³-hybridized carbons (Fsp3) is 0.571. The fourth-order valence-corrected chi connectivity index (χ4v) is 2.57. The molecule has 0 spiro atoms. The Bertz CT molecular complexity index is 453. The third-order valence-corrected chi connectivity index (χ3v) is 3.61. The summed E-state index contributed by atoms with van der Waals surface area (Å²) in [6.07, 6.45) is 9.71. The largest absolute Gasteiger partial charge is 0.471 e. The molecule has 1 aliphatic rings. The molecule has 1 aromatic rings. The van der Waals surface area contributed by atoms with Crippen LogP contribution < -0.4 is 10.1 Å². The van der Waals surface area contributed by atoms with Gasteiger partial charge < -0.3 is 10.1 Å². The zero-order chi connectivity index (χ0) is 13.5. The average Bonchev–Trinajstić information content (AvgIpc) is 2.87. The molecule has 4 nitrogen and oxygen atoms in total. The van der Waals surface area contributed by atoms with Gasteiger partial charge in [-0.1, -0.05) is 31.6 Å². The van der Waals surface area contributed by atoms with Gasteiger partial charge in [0.15, 0.2) is 0 Å². The number of hydrogen-bond donors (Lipinski definition) is 1. The van der Waals surface area contributed by atoms with Gasteiger partial charge in [-0.2, -0.15) is 4.37 Å².